The predicted molar refractivity (Wildman–Crippen MR) is 88.7 cm³/mol. The maximum Gasteiger partial charge on any atom is 0.209 e. The molecule has 1 aliphatic heterocycles. The van der Waals surface area contributed by atoms with Crippen LogP contribution in [0.3, 0.4) is 0 Å². The third-order valence-corrected chi connectivity index (χ3v) is 5.31. The molecule has 0 fully saturated rings. The quantitative estimate of drug-likeness (QED) is 0.700. The average molecular weight is 328 g/mol. The molecule has 0 saturated carbocycles. The zero-order valence-electron chi connectivity index (χ0n) is 12.8. The maximum absolute atomic E-state index is 13.5. The van der Waals surface area contributed by atoms with Crippen LogP contribution in [-0.2, 0) is 13.0 Å². The van der Waals surface area contributed by atoms with Gasteiger partial charge in [0.1, 0.15) is 5.82 Å². The van der Waals surface area contributed by atoms with E-state index in [0.717, 1.165) is 29.2 Å². The molecule has 1 aliphatic rings. The maximum atomic E-state index is 13.5. The summed E-state index contributed by atoms with van der Waals surface area (Å²) >= 11 is 1.64. The molecule has 1 aromatic carbocycles. The highest BCUT2D eigenvalue weighted by molar-refractivity contribution is 7.13. The Kier molecular flexibility index (Phi) is 3.75. The summed E-state index contributed by atoms with van der Waals surface area (Å²) in [5.41, 5.74) is 2.31. The van der Waals surface area contributed by atoms with Gasteiger partial charge in [-0.25, -0.2) is 9.37 Å². The minimum Gasteiger partial charge on any atom is -0.438 e. The van der Waals surface area contributed by atoms with Crippen LogP contribution < -0.4 is 0 Å². The first kappa shape index (κ1) is 14.6. The summed E-state index contributed by atoms with van der Waals surface area (Å²) in [5.74, 6) is 1.35. The molecule has 4 rings (SSSR count). The summed E-state index contributed by atoms with van der Waals surface area (Å²) in [6.45, 7) is 3.68. The summed E-state index contributed by atoms with van der Waals surface area (Å²) < 4.78 is 19.4. The first-order valence-corrected chi connectivity index (χ1v) is 8.59. The number of hydrogen-bond donors (Lipinski definition) is 0. The van der Waals surface area contributed by atoms with E-state index in [1.807, 2.05) is 23.6 Å². The van der Waals surface area contributed by atoms with Crippen LogP contribution >= 0.6 is 11.3 Å². The lowest BCUT2D eigenvalue weighted by Gasteiger charge is -2.34. The SMILES string of the molecule is CC1c2cc(F)ccc2CCN1Cc1ncc(-c2cccs2)o1. The molecule has 0 N–H and O–H groups in total. The van der Waals surface area contributed by atoms with Crippen LogP contribution in [0.2, 0.25) is 0 Å². The number of benzene rings is 1. The molecule has 118 valence electrons. The van der Waals surface area contributed by atoms with Crippen LogP contribution in [0.15, 0.2) is 46.3 Å². The van der Waals surface area contributed by atoms with E-state index < -0.39 is 0 Å². The van der Waals surface area contributed by atoms with Gasteiger partial charge >= 0.3 is 0 Å². The number of rotatable bonds is 3. The van der Waals surface area contributed by atoms with Crippen LogP contribution in [0.5, 0.6) is 0 Å². The Bertz CT molecular complexity index is 812. The Morgan fingerprint density at radius 2 is 2.30 bits per heavy atom. The minimum atomic E-state index is -0.173. The Labute approximate surface area is 138 Å². The zero-order chi connectivity index (χ0) is 15.8. The molecule has 3 aromatic rings. The van der Waals surface area contributed by atoms with Crippen molar-refractivity contribution in [1.82, 2.24) is 9.88 Å². The lowest BCUT2D eigenvalue weighted by molar-refractivity contribution is 0.172. The molecule has 5 heteroatoms. The van der Waals surface area contributed by atoms with Gasteiger partial charge in [0.05, 0.1) is 17.6 Å². The van der Waals surface area contributed by atoms with E-state index in [1.165, 1.54) is 5.56 Å². The largest absolute Gasteiger partial charge is 0.438 e. The molecule has 1 unspecified atom stereocenters. The molecule has 3 heterocycles. The smallest absolute Gasteiger partial charge is 0.209 e. The summed E-state index contributed by atoms with van der Waals surface area (Å²) in [4.78, 5) is 7.77. The standard InChI is InChI=1S/C18H17FN2OS/c1-12-15-9-14(19)5-4-13(15)6-7-21(12)11-18-20-10-16(22-18)17-3-2-8-23-17/h2-5,8-10,12H,6-7,11H2,1H3. The van der Waals surface area contributed by atoms with Gasteiger partial charge in [-0.15, -0.1) is 11.3 Å². The molecule has 0 spiro atoms. The fourth-order valence-electron chi connectivity index (χ4n) is 3.14. The van der Waals surface area contributed by atoms with Crippen LogP contribution in [0, 0.1) is 5.82 Å². The molecular weight excluding hydrogens is 311 g/mol. The lowest BCUT2D eigenvalue weighted by Crippen LogP contribution is -2.33. The molecule has 0 radical (unpaired) electrons. The third kappa shape index (κ3) is 2.82. The number of oxazole rings is 1. The number of hydrogen-bond acceptors (Lipinski definition) is 4. The third-order valence-electron chi connectivity index (χ3n) is 4.43. The van der Waals surface area contributed by atoms with Gasteiger partial charge in [0, 0.05) is 12.6 Å². The number of fused-ring (bicyclic) bond motifs is 1. The van der Waals surface area contributed by atoms with E-state index in [9.17, 15) is 4.39 Å². The first-order chi connectivity index (χ1) is 11.2. The van der Waals surface area contributed by atoms with E-state index in [2.05, 4.69) is 16.8 Å². The van der Waals surface area contributed by atoms with Crippen molar-refractivity contribution in [3.05, 3.63) is 64.7 Å². The number of nitrogens with zero attached hydrogens (tertiary/aromatic N) is 2. The van der Waals surface area contributed by atoms with Crippen molar-refractivity contribution in [2.24, 2.45) is 0 Å². The van der Waals surface area contributed by atoms with E-state index in [4.69, 9.17) is 4.42 Å². The Morgan fingerprint density at radius 1 is 1.39 bits per heavy atom. The molecule has 2 aromatic heterocycles. The topological polar surface area (TPSA) is 29.3 Å². The highest BCUT2D eigenvalue weighted by Gasteiger charge is 2.25. The molecule has 23 heavy (non-hydrogen) atoms. The van der Waals surface area contributed by atoms with Crippen molar-refractivity contribution in [2.45, 2.75) is 25.9 Å². The van der Waals surface area contributed by atoms with Crippen LogP contribution in [0.1, 0.15) is 30.0 Å². The Balaban J connectivity index is 1.54. The van der Waals surface area contributed by atoms with Gasteiger partial charge in [0.25, 0.3) is 0 Å². The second-order valence-electron chi connectivity index (χ2n) is 5.84. The van der Waals surface area contributed by atoms with Crippen molar-refractivity contribution in [2.75, 3.05) is 6.54 Å². The van der Waals surface area contributed by atoms with Gasteiger partial charge in [-0.3, -0.25) is 4.90 Å². The summed E-state index contributed by atoms with van der Waals surface area (Å²) in [6, 6.07) is 9.28. The molecule has 0 bridgehead atoms. The fourth-order valence-corrected chi connectivity index (χ4v) is 3.81. The van der Waals surface area contributed by atoms with Crippen molar-refractivity contribution >= 4 is 11.3 Å². The van der Waals surface area contributed by atoms with Gasteiger partial charge < -0.3 is 4.42 Å². The van der Waals surface area contributed by atoms with E-state index in [0.29, 0.717) is 12.4 Å². The summed E-state index contributed by atoms with van der Waals surface area (Å²) in [6.07, 6.45) is 2.71. The predicted octanol–water partition coefficient (Wildman–Crippen LogP) is 4.66. The Hall–Kier alpha value is -1.98. The molecule has 3 nitrogen and oxygen atoms in total. The van der Waals surface area contributed by atoms with Gasteiger partial charge in [-0.05, 0) is 48.1 Å². The fraction of sp³-hybridized carbons (Fsp3) is 0.278. The average Bonchev–Trinajstić information content (AvgIpc) is 3.22. The van der Waals surface area contributed by atoms with Crippen molar-refractivity contribution in [3.8, 4) is 10.6 Å². The molecule has 0 aliphatic carbocycles. The van der Waals surface area contributed by atoms with Gasteiger partial charge in [-0.1, -0.05) is 12.1 Å². The van der Waals surface area contributed by atoms with Crippen LogP contribution in [0.4, 0.5) is 4.39 Å². The normalized spacial score (nSPS) is 18.1. The summed E-state index contributed by atoms with van der Waals surface area (Å²) in [7, 11) is 0. The molecular formula is C18H17FN2OS. The second kappa shape index (κ2) is 5.91. The molecule has 0 saturated heterocycles. The van der Waals surface area contributed by atoms with Crippen molar-refractivity contribution in [3.63, 3.8) is 0 Å². The minimum absolute atomic E-state index is 0.159. The number of aromatic nitrogens is 1. The summed E-state index contributed by atoms with van der Waals surface area (Å²) in [5, 5.41) is 2.02. The second-order valence-corrected chi connectivity index (χ2v) is 6.78. The lowest BCUT2D eigenvalue weighted by atomic mass is 9.93. The monoisotopic (exact) mass is 328 g/mol. The molecule has 1 atom stereocenters. The number of halogens is 1. The van der Waals surface area contributed by atoms with Crippen molar-refractivity contribution in [1.29, 1.82) is 0 Å². The van der Waals surface area contributed by atoms with Crippen molar-refractivity contribution < 1.29 is 8.81 Å². The molecule has 0 amide bonds. The van der Waals surface area contributed by atoms with Gasteiger partial charge in [0.15, 0.2) is 5.76 Å². The Morgan fingerprint density at radius 3 is 3.13 bits per heavy atom. The van der Waals surface area contributed by atoms with E-state index >= 15 is 0 Å². The highest BCUT2D eigenvalue weighted by Crippen LogP contribution is 2.32. The number of thiophene rings is 1. The van der Waals surface area contributed by atoms with Gasteiger partial charge in [0.2, 0.25) is 5.89 Å². The van der Waals surface area contributed by atoms with E-state index in [1.54, 1.807) is 29.7 Å². The highest BCUT2D eigenvalue weighted by atomic mass is 32.1. The van der Waals surface area contributed by atoms with E-state index in [-0.39, 0.29) is 11.9 Å². The zero-order valence-corrected chi connectivity index (χ0v) is 13.6. The van der Waals surface area contributed by atoms with Crippen LogP contribution in [0.25, 0.3) is 10.6 Å². The van der Waals surface area contributed by atoms with Crippen LogP contribution in [-0.4, -0.2) is 16.4 Å². The van der Waals surface area contributed by atoms with Gasteiger partial charge in [-0.2, -0.15) is 0 Å². The first-order valence-electron chi connectivity index (χ1n) is 7.71.